The first-order valence-electron chi connectivity index (χ1n) is 9.02. The fraction of sp³-hybridized carbons (Fsp3) is 0.400. The van der Waals surface area contributed by atoms with Crippen molar-refractivity contribution in [3.05, 3.63) is 54.2 Å². The predicted molar refractivity (Wildman–Crippen MR) is 105 cm³/mol. The molecule has 0 saturated carbocycles. The minimum Gasteiger partial charge on any atom is -0.363 e. The van der Waals surface area contributed by atoms with Gasteiger partial charge < -0.3 is 10.2 Å². The van der Waals surface area contributed by atoms with Gasteiger partial charge in [-0.3, -0.25) is 14.6 Å². The normalized spacial score (nSPS) is 15.6. The first kappa shape index (κ1) is 18.4. The van der Waals surface area contributed by atoms with Gasteiger partial charge in [-0.2, -0.15) is 0 Å². The Morgan fingerprint density at radius 2 is 1.73 bits per heavy atom. The van der Waals surface area contributed by atoms with Gasteiger partial charge in [-0.15, -0.1) is 0 Å². The maximum Gasteiger partial charge on any atom is 0.238 e. The summed E-state index contributed by atoms with van der Waals surface area (Å²) < 4.78 is 0. The lowest BCUT2D eigenvalue weighted by Gasteiger charge is -2.34. The van der Waals surface area contributed by atoms with E-state index < -0.39 is 0 Å². The SMILES string of the molecule is CN(C)c1ccc(NC(=O)CN2CCN(Cc3ccccc3)CC2)cn1. The number of nitrogens with zero attached hydrogens (tertiary/aromatic N) is 4. The van der Waals surface area contributed by atoms with E-state index in [0.717, 1.165) is 44.2 Å². The van der Waals surface area contributed by atoms with E-state index in [1.165, 1.54) is 5.56 Å². The number of nitrogens with one attached hydrogen (secondary N) is 1. The molecule has 26 heavy (non-hydrogen) atoms. The smallest absolute Gasteiger partial charge is 0.238 e. The lowest BCUT2D eigenvalue weighted by atomic mass is 10.2. The van der Waals surface area contributed by atoms with E-state index in [4.69, 9.17) is 0 Å². The fourth-order valence-corrected chi connectivity index (χ4v) is 3.08. The summed E-state index contributed by atoms with van der Waals surface area (Å²) in [6.45, 7) is 5.21. The van der Waals surface area contributed by atoms with Crippen LogP contribution in [0.25, 0.3) is 0 Å². The van der Waals surface area contributed by atoms with Crippen LogP contribution < -0.4 is 10.2 Å². The van der Waals surface area contributed by atoms with E-state index in [1.54, 1.807) is 6.20 Å². The van der Waals surface area contributed by atoms with Crippen molar-refractivity contribution >= 4 is 17.4 Å². The van der Waals surface area contributed by atoms with Crippen molar-refractivity contribution in [1.29, 1.82) is 0 Å². The summed E-state index contributed by atoms with van der Waals surface area (Å²) in [7, 11) is 3.88. The number of rotatable bonds is 6. The molecule has 0 radical (unpaired) electrons. The topological polar surface area (TPSA) is 51.7 Å². The number of aromatic nitrogens is 1. The Bertz CT molecular complexity index is 694. The minimum atomic E-state index is 0.0147. The zero-order chi connectivity index (χ0) is 18.4. The third-order valence-corrected chi connectivity index (χ3v) is 4.57. The van der Waals surface area contributed by atoms with E-state index in [1.807, 2.05) is 37.2 Å². The number of anilines is 2. The van der Waals surface area contributed by atoms with Crippen LogP contribution in [-0.2, 0) is 11.3 Å². The van der Waals surface area contributed by atoms with Crippen LogP contribution in [0.4, 0.5) is 11.5 Å². The van der Waals surface area contributed by atoms with Gasteiger partial charge in [0.1, 0.15) is 5.82 Å². The molecule has 0 atom stereocenters. The average Bonchev–Trinajstić information content (AvgIpc) is 2.64. The van der Waals surface area contributed by atoms with E-state index in [0.29, 0.717) is 6.54 Å². The largest absolute Gasteiger partial charge is 0.363 e. The number of piperazine rings is 1. The van der Waals surface area contributed by atoms with E-state index in [9.17, 15) is 4.79 Å². The number of amides is 1. The summed E-state index contributed by atoms with van der Waals surface area (Å²) in [5.74, 6) is 0.887. The Morgan fingerprint density at radius 3 is 2.35 bits per heavy atom. The minimum absolute atomic E-state index is 0.0147. The summed E-state index contributed by atoms with van der Waals surface area (Å²) in [5, 5.41) is 2.93. The fourth-order valence-electron chi connectivity index (χ4n) is 3.08. The maximum absolute atomic E-state index is 12.3. The van der Waals surface area contributed by atoms with Crippen LogP contribution in [0.15, 0.2) is 48.7 Å². The molecule has 0 aliphatic carbocycles. The Morgan fingerprint density at radius 1 is 1.04 bits per heavy atom. The van der Waals surface area contributed by atoms with Crippen LogP contribution in [0.1, 0.15) is 5.56 Å². The first-order valence-corrected chi connectivity index (χ1v) is 9.02. The van der Waals surface area contributed by atoms with Gasteiger partial charge in [-0.25, -0.2) is 4.98 Å². The highest BCUT2D eigenvalue weighted by atomic mass is 16.2. The Labute approximate surface area is 155 Å². The molecule has 2 heterocycles. The van der Waals surface area contributed by atoms with Crippen LogP contribution in [0.3, 0.4) is 0 Å². The lowest BCUT2D eigenvalue weighted by molar-refractivity contribution is -0.117. The van der Waals surface area contributed by atoms with Crippen molar-refractivity contribution in [2.24, 2.45) is 0 Å². The second-order valence-electron chi connectivity index (χ2n) is 6.89. The number of carbonyl (C=O) groups excluding carboxylic acids is 1. The molecule has 138 valence electrons. The summed E-state index contributed by atoms with van der Waals surface area (Å²) >= 11 is 0. The molecule has 1 fully saturated rings. The summed E-state index contributed by atoms with van der Waals surface area (Å²) in [4.78, 5) is 23.2. The molecule has 1 amide bonds. The summed E-state index contributed by atoms with van der Waals surface area (Å²) in [6, 6.07) is 14.3. The summed E-state index contributed by atoms with van der Waals surface area (Å²) in [6.07, 6.45) is 1.70. The number of pyridine rings is 1. The van der Waals surface area contributed by atoms with Gasteiger partial charge in [-0.1, -0.05) is 30.3 Å². The van der Waals surface area contributed by atoms with Gasteiger partial charge in [0.25, 0.3) is 0 Å². The highest BCUT2D eigenvalue weighted by Crippen LogP contribution is 2.12. The molecule has 1 N–H and O–H groups in total. The van der Waals surface area contributed by atoms with E-state index in [2.05, 4.69) is 44.4 Å². The highest BCUT2D eigenvalue weighted by molar-refractivity contribution is 5.92. The predicted octanol–water partition coefficient (Wildman–Crippen LogP) is 1.90. The number of hydrogen-bond donors (Lipinski definition) is 1. The quantitative estimate of drug-likeness (QED) is 0.860. The van der Waals surface area contributed by atoms with E-state index >= 15 is 0 Å². The molecule has 3 rings (SSSR count). The molecule has 0 bridgehead atoms. The zero-order valence-corrected chi connectivity index (χ0v) is 15.6. The van der Waals surface area contributed by atoms with Crippen molar-refractivity contribution in [3.63, 3.8) is 0 Å². The second-order valence-corrected chi connectivity index (χ2v) is 6.89. The van der Waals surface area contributed by atoms with Gasteiger partial charge >= 0.3 is 0 Å². The number of benzene rings is 1. The van der Waals surface area contributed by atoms with Crippen LogP contribution in [-0.4, -0.2) is 67.5 Å². The third-order valence-electron chi connectivity index (χ3n) is 4.57. The molecule has 2 aromatic rings. The van der Waals surface area contributed by atoms with Crippen LogP contribution in [0.2, 0.25) is 0 Å². The van der Waals surface area contributed by atoms with Crippen LogP contribution >= 0.6 is 0 Å². The van der Waals surface area contributed by atoms with Gasteiger partial charge in [0, 0.05) is 46.8 Å². The molecule has 6 nitrogen and oxygen atoms in total. The molecule has 1 saturated heterocycles. The van der Waals surface area contributed by atoms with Crippen LogP contribution in [0, 0.1) is 0 Å². The molecule has 0 unspecified atom stereocenters. The van der Waals surface area contributed by atoms with Gasteiger partial charge in [0.05, 0.1) is 18.4 Å². The number of carbonyl (C=O) groups is 1. The average molecular weight is 353 g/mol. The molecule has 1 aromatic heterocycles. The molecule has 1 aliphatic rings. The van der Waals surface area contributed by atoms with Crippen molar-refractivity contribution in [2.45, 2.75) is 6.54 Å². The molecule has 1 aromatic carbocycles. The van der Waals surface area contributed by atoms with Crippen molar-refractivity contribution in [2.75, 3.05) is 57.0 Å². The Balaban J connectivity index is 1.41. The van der Waals surface area contributed by atoms with Gasteiger partial charge in [-0.05, 0) is 17.7 Å². The number of hydrogen-bond acceptors (Lipinski definition) is 5. The zero-order valence-electron chi connectivity index (χ0n) is 15.6. The van der Waals surface area contributed by atoms with Crippen molar-refractivity contribution in [3.8, 4) is 0 Å². The highest BCUT2D eigenvalue weighted by Gasteiger charge is 2.19. The molecule has 6 heteroatoms. The van der Waals surface area contributed by atoms with Gasteiger partial charge in [0.2, 0.25) is 5.91 Å². The van der Waals surface area contributed by atoms with Crippen molar-refractivity contribution in [1.82, 2.24) is 14.8 Å². The standard InChI is InChI=1S/C20H27N5O/c1-23(2)19-9-8-18(14-21-19)22-20(26)16-25-12-10-24(11-13-25)15-17-6-4-3-5-7-17/h3-9,14H,10-13,15-16H2,1-2H3,(H,22,26). The Hall–Kier alpha value is -2.44. The Kier molecular flexibility index (Phi) is 6.20. The second kappa shape index (κ2) is 8.78. The molecule has 0 spiro atoms. The van der Waals surface area contributed by atoms with Gasteiger partial charge in [0.15, 0.2) is 0 Å². The van der Waals surface area contributed by atoms with Crippen molar-refractivity contribution < 1.29 is 4.79 Å². The monoisotopic (exact) mass is 353 g/mol. The third kappa shape index (κ3) is 5.28. The van der Waals surface area contributed by atoms with E-state index in [-0.39, 0.29) is 5.91 Å². The molecular formula is C20H27N5O. The first-order chi connectivity index (χ1) is 12.6. The molecule has 1 aliphatic heterocycles. The summed E-state index contributed by atoms with van der Waals surface area (Å²) in [5.41, 5.74) is 2.08. The lowest BCUT2D eigenvalue weighted by Crippen LogP contribution is -2.48. The molecular weight excluding hydrogens is 326 g/mol. The maximum atomic E-state index is 12.3. The van der Waals surface area contributed by atoms with Crippen LogP contribution in [0.5, 0.6) is 0 Å².